The molecule has 0 N–H and O–H groups in total. The number of rotatable bonds is 3. The largest absolute Gasteiger partial charge is 0.496 e. The molecule has 82 valence electrons. The van der Waals surface area contributed by atoms with E-state index in [0.717, 1.165) is 5.56 Å². The van der Waals surface area contributed by atoms with Crippen molar-refractivity contribution in [3.63, 3.8) is 0 Å². The van der Waals surface area contributed by atoms with Crippen LogP contribution in [0.1, 0.15) is 22.8 Å². The average molecular weight is 229 g/mol. The van der Waals surface area contributed by atoms with E-state index >= 15 is 0 Å². The Kier molecular flexibility index (Phi) is 3.58. The second-order valence-electron chi connectivity index (χ2n) is 3.15. The quantitative estimate of drug-likeness (QED) is 0.747. The number of methoxy groups -OCH3 is 2. The average Bonchev–Trinajstić information content (AvgIpc) is 2.21. The molecule has 0 aliphatic carbocycles. The lowest BCUT2D eigenvalue weighted by atomic mass is 10.1. The summed E-state index contributed by atoms with van der Waals surface area (Å²) >= 11 is 6.07. The summed E-state index contributed by atoms with van der Waals surface area (Å²) in [5.41, 5.74) is 1.20. The summed E-state index contributed by atoms with van der Waals surface area (Å²) < 4.78 is 10.2. The highest BCUT2D eigenvalue weighted by Gasteiger charge is 2.17. The van der Waals surface area contributed by atoms with Gasteiger partial charge in [0.1, 0.15) is 11.5 Å². The third-order valence-electron chi connectivity index (χ3n) is 2.22. The van der Waals surface area contributed by atoms with Crippen molar-refractivity contribution >= 4 is 17.4 Å². The standard InChI is InChI=1S/C11H13ClO3/c1-6-9(14-3)5-8(7(2)13)11(15-4)10(6)12/h5H,1-4H3. The molecule has 0 bridgehead atoms. The summed E-state index contributed by atoms with van der Waals surface area (Å²) in [5, 5.41) is 0.419. The smallest absolute Gasteiger partial charge is 0.163 e. The van der Waals surface area contributed by atoms with Crippen molar-refractivity contribution in [3.05, 3.63) is 22.2 Å². The first-order valence-electron chi connectivity index (χ1n) is 4.45. The first-order chi connectivity index (χ1) is 7.02. The molecule has 0 unspecified atom stereocenters. The zero-order valence-corrected chi connectivity index (χ0v) is 9.94. The van der Waals surface area contributed by atoms with Gasteiger partial charge in [0.15, 0.2) is 5.78 Å². The molecule has 0 fully saturated rings. The minimum absolute atomic E-state index is 0.105. The van der Waals surface area contributed by atoms with Crippen LogP contribution in [0.3, 0.4) is 0 Å². The zero-order chi connectivity index (χ0) is 11.6. The molecular weight excluding hydrogens is 216 g/mol. The van der Waals surface area contributed by atoms with Crippen LogP contribution in [0, 0.1) is 6.92 Å². The fourth-order valence-corrected chi connectivity index (χ4v) is 1.65. The van der Waals surface area contributed by atoms with E-state index in [4.69, 9.17) is 21.1 Å². The Labute approximate surface area is 93.9 Å². The minimum atomic E-state index is -0.105. The monoisotopic (exact) mass is 228 g/mol. The van der Waals surface area contributed by atoms with E-state index in [0.29, 0.717) is 22.1 Å². The number of ether oxygens (including phenoxy) is 2. The van der Waals surface area contributed by atoms with Gasteiger partial charge in [0.2, 0.25) is 0 Å². The highest BCUT2D eigenvalue weighted by molar-refractivity contribution is 6.33. The maximum absolute atomic E-state index is 11.4. The molecule has 0 heterocycles. The van der Waals surface area contributed by atoms with E-state index in [1.165, 1.54) is 21.1 Å². The van der Waals surface area contributed by atoms with Gasteiger partial charge in [0.05, 0.1) is 24.8 Å². The lowest BCUT2D eigenvalue weighted by Crippen LogP contribution is -2.01. The summed E-state index contributed by atoms with van der Waals surface area (Å²) in [5.74, 6) is 0.889. The van der Waals surface area contributed by atoms with Crippen molar-refractivity contribution in [3.8, 4) is 11.5 Å². The topological polar surface area (TPSA) is 35.5 Å². The highest BCUT2D eigenvalue weighted by Crippen LogP contribution is 2.37. The summed E-state index contributed by atoms with van der Waals surface area (Å²) in [6, 6.07) is 1.64. The molecule has 0 atom stereocenters. The number of carbonyl (C=O) groups is 1. The summed E-state index contributed by atoms with van der Waals surface area (Å²) in [4.78, 5) is 11.4. The molecule has 0 amide bonds. The van der Waals surface area contributed by atoms with E-state index in [9.17, 15) is 4.79 Å². The van der Waals surface area contributed by atoms with Crippen molar-refractivity contribution in [2.24, 2.45) is 0 Å². The van der Waals surface area contributed by atoms with E-state index in [1.54, 1.807) is 6.07 Å². The number of hydrogen-bond acceptors (Lipinski definition) is 3. The van der Waals surface area contributed by atoms with Crippen LogP contribution in [0.15, 0.2) is 6.07 Å². The van der Waals surface area contributed by atoms with Gasteiger partial charge >= 0.3 is 0 Å². The number of ketones is 1. The SMILES string of the molecule is COc1cc(C(C)=O)c(OC)c(Cl)c1C. The normalized spacial score (nSPS) is 9.93. The number of halogens is 1. The van der Waals surface area contributed by atoms with E-state index < -0.39 is 0 Å². The van der Waals surface area contributed by atoms with Crippen LogP contribution < -0.4 is 9.47 Å². The number of Topliss-reactive ketones (excluding diaryl/α,β-unsaturated/α-hetero) is 1. The van der Waals surface area contributed by atoms with Gasteiger partial charge in [-0.2, -0.15) is 0 Å². The fraction of sp³-hybridized carbons (Fsp3) is 0.364. The first kappa shape index (κ1) is 11.9. The molecule has 1 aromatic carbocycles. The Balaban J connectivity index is 3.51. The summed E-state index contributed by atoms with van der Waals surface area (Å²) in [6.45, 7) is 3.27. The number of benzene rings is 1. The molecule has 0 radical (unpaired) electrons. The maximum atomic E-state index is 11.4. The van der Waals surface area contributed by atoms with Crippen LogP contribution in [0.2, 0.25) is 5.02 Å². The van der Waals surface area contributed by atoms with Gasteiger partial charge in [0, 0.05) is 5.56 Å². The van der Waals surface area contributed by atoms with Crippen LogP contribution >= 0.6 is 11.6 Å². The van der Waals surface area contributed by atoms with Gasteiger partial charge in [-0.3, -0.25) is 4.79 Å². The minimum Gasteiger partial charge on any atom is -0.496 e. The van der Waals surface area contributed by atoms with E-state index in [-0.39, 0.29) is 5.78 Å². The third-order valence-corrected chi connectivity index (χ3v) is 2.68. The number of hydrogen-bond donors (Lipinski definition) is 0. The first-order valence-corrected chi connectivity index (χ1v) is 4.82. The predicted octanol–water partition coefficient (Wildman–Crippen LogP) is 2.87. The predicted molar refractivity (Wildman–Crippen MR) is 59.3 cm³/mol. The molecule has 0 aromatic heterocycles. The second-order valence-corrected chi connectivity index (χ2v) is 3.53. The van der Waals surface area contributed by atoms with Gasteiger partial charge in [-0.1, -0.05) is 11.6 Å². The van der Waals surface area contributed by atoms with Crippen LogP contribution in [0.5, 0.6) is 11.5 Å². The number of carbonyl (C=O) groups excluding carboxylic acids is 1. The van der Waals surface area contributed by atoms with Gasteiger partial charge in [-0.15, -0.1) is 0 Å². The van der Waals surface area contributed by atoms with Crippen LogP contribution in [-0.4, -0.2) is 20.0 Å². The second kappa shape index (κ2) is 4.53. The van der Waals surface area contributed by atoms with Gasteiger partial charge < -0.3 is 9.47 Å². The molecule has 0 saturated carbocycles. The van der Waals surface area contributed by atoms with Crippen molar-refractivity contribution < 1.29 is 14.3 Å². The Morgan fingerprint density at radius 3 is 2.33 bits per heavy atom. The van der Waals surface area contributed by atoms with Crippen molar-refractivity contribution in [2.45, 2.75) is 13.8 Å². The molecule has 0 spiro atoms. The Bertz CT molecular complexity index is 399. The Morgan fingerprint density at radius 2 is 1.93 bits per heavy atom. The summed E-state index contributed by atoms with van der Waals surface area (Å²) in [6.07, 6.45) is 0. The Morgan fingerprint density at radius 1 is 1.33 bits per heavy atom. The Hall–Kier alpha value is -1.22. The van der Waals surface area contributed by atoms with E-state index in [2.05, 4.69) is 0 Å². The fourth-order valence-electron chi connectivity index (χ4n) is 1.37. The maximum Gasteiger partial charge on any atom is 0.163 e. The van der Waals surface area contributed by atoms with Crippen molar-refractivity contribution in [1.29, 1.82) is 0 Å². The van der Waals surface area contributed by atoms with Crippen molar-refractivity contribution in [2.75, 3.05) is 14.2 Å². The third kappa shape index (κ3) is 2.07. The molecule has 0 aliphatic rings. The highest BCUT2D eigenvalue weighted by atomic mass is 35.5. The van der Waals surface area contributed by atoms with Crippen LogP contribution in [0.25, 0.3) is 0 Å². The van der Waals surface area contributed by atoms with Crippen molar-refractivity contribution in [1.82, 2.24) is 0 Å². The molecular formula is C11H13ClO3. The molecule has 0 saturated heterocycles. The van der Waals surface area contributed by atoms with Crippen LogP contribution in [-0.2, 0) is 0 Å². The van der Waals surface area contributed by atoms with Crippen LogP contribution in [0.4, 0.5) is 0 Å². The van der Waals surface area contributed by atoms with Gasteiger partial charge in [-0.25, -0.2) is 0 Å². The molecule has 3 nitrogen and oxygen atoms in total. The molecule has 1 rings (SSSR count). The van der Waals surface area contributed by atoms with E-state index in [1.807, 2.05) is 6.92 Å². The van der Waals surface area contributed by atoms with Gasteiger partial charge in [-0.05, 0) is 19.9 Å². The zero-order valence-electron chi connectivity index (χ0n) is 9.18. The molecule has 15 heavy (non-hydrogen) atoms. The summed E-state index contributed by atoms with van der Waals surface area (Å²) in [7, 11) is 3.02. The molecule has 4 heteroatoms. The molecule has 1 aromatic rings. The molecule has 0 aliphatic heterocycles. The van der Waals surface area contributed by atoms with Gasteiger partial charge in [0.25, 0.3) is 0 Å². The lowest BCUT2D eigenvalue weighted by molar-refractivity contribution is 0.101. The lowest BCUT2D eigenvalue weighted by Gasteiger charge is -2.13.